The van der Waals surface area contributed by atoms with Gasteiger partial charge in [-0.2, -0.15) is 5.10 Å². The number of hydrogen-bond acceptors (Lipinski definition) is 2. The Kier molecular flexibility index (Phi) is 4.04. The van der Waals surface area contributed by atoms with Crippen LogP contribution in [-0.4, -0.2) is 9.78 Å². The van der Waals surface area contributed by atoms with Gasteiger partial charge in [0.2, 0.25) is 0 Å². The SMILES string of the molecule is Cc1c(C(C)NCc2ccccc2Cl)cnn1C. The van der Waals surface area contributed by atoms with E-state index in [2.05, 4.69) is 24.3 Å². The van der Waals surface area contributed by atoms with E-state index in [-0.39, 0.29) is 6.04 Å². The third-order valence-corrected chi connectivity index (χ3v) is 3.66. The maximum atomic E-state index is 6.13. The monoisotopic (exact) mass is 263 g/mol. The molecule has 2 aromatic rings. The molecule has 0 spiro atoms. The number of rotatable bonds is 4. The highest BCUT2D eigenvalue weighted by atomic mass is 35.5. The summed E-state index contributed by atoms with van der Waals surface area (Å²) >= 11 is 6.13. The summed E-state index contributed by atoms with van der Waals surface area (Å²) in [5.74, 6) is 0. The number of nitrogens with one attached hydrogen (secondary N) is 1. The van der Waals surface area contributed by atoms with Crippen LogP contribution in [0.15, 0.2) is 30.5 Å². The zero-order valence-electron chi connectivity index (χ0n) is 10.9. The van der Waals surface area contributed by atoms with Crippen LogP contribution in [0.2, 0.25) is 5.02 Å². The van der Waals surface area contributed by atoms with Crippen LogP contribution in [-0.2, 0) is 13.6 Å². The summed E-state index contributed by atoms with van der Waals surface area (Å²) in [6.45, 7) is 4.98. The van der Waals surface area contributed by atoms with Gasteiger partial charge in [-0.05, 0) is 25.5 Å². The zero-order valence-corrected chi connectivity index (χ0v) is 11.7. The topological polar surface area (TPSA) is 29.9 Å². The highest BCUT2D eigenvalue weighted by molar-refractivity contribution is 6.31. The first-order valence-electron chi connectivity index (χ1n) is 6.05. The van der Waals surface area contributed by atoms with Crippen molar-refractivity contribution < 1.29 is 0 Å². The molecule has 0 radical (unpaired) electrons. The summed E-state index contributed by atoms with van der Waals surface area (Å²) in [4.78, 5) is 0. The lowest BCUT2D eigenvalue weighted by atomic mass is 10.1. The fourth-order valence-corrected chi connectivity index (χ4v) is 2.16. The Morgan fingerprint density at radius 3 is 2.72 bits per heavy atom. The maximum Gasteiger partial charge on any atom is 0.0540 e. The summed E-state index contributed by atoms with van der Waals surface area (Å²) in [6.07, 6.45) is 1.92. The summed E-state index contributed by atoms with van der Waals surface area (Å²) in [7, 11) is 1.96. The van der Waals surface area contributed by atoms with Crippen LogP contribution >= 0.6 is 11.6 Å². The second-order valence-corrected chi connectivity index (χ2v) is 4.91. The van der Waals surface area contributed by atoms with Gasteiger partial charge in [-0.3, -0.25) is 4.68 Å². The molecule has 1 N–H and O–H groups in total. The molecule has 0 saturated heterocycles. The van der Waals surface area contributed by atoms with Crippen molar-refractivity contribution in [1.82, 2.24) is 15.1 Å². The summed E-state index contributed by atoms with van der Waals surface area (Å²) in [6, 6.07) is 8.16. The van der Waals surface area contributed by atoms with Crippen molar-refractivity contribution in [2.45, 2.75) is 26.4 Å². The Labute approximate surface area is 113 Å². The van der Waals surface area contributed by atoms with Crippen molar-refractivity contribution in [2.75, 3.05) is 0 Å². The molecule has 1 heterocycles. The molecule has 1 unspecified atom stereocenters. The molecule has 0 aliphatic heterocycles. The molecule has 0 saturated carbocycles. The Morgan fingerprint density at radius 2 is 2.11 bits per heavy atom. The largest absolute Gasteiger partial charge is 0.306 e. The fourth-order valence-electron chi connectivity index (χ4n) is 1.96. The van der Waals surface area contributed by atoms with Gasteiger partial charge in [-0.25, -0.2) is 0 Å². The summed E-state index contributed by atoms with van der Waals surface area (Å²) in [5.41, 5.74) is 3.53. The number of benzene rings is 1. The molecular weight excluding hydrogens is 246 g/mol. The molecule has 0 aliphatic carbocycles. The van der Waals surface area contributed by atoms with Gasteiger partial charge < -0.3 is 5.32 Å². The van der Waals surface area contributed by atoms with Crippen LogP contribution < -0.4 is 5.32 Å². The quantitative estimate of drug-likeness (QED) is 0.918. The first-order valence-corrected chi connectivity index (χ1v) is 6.42. The molecule has 96 valence electrons. The first-order chi connectivity index (χ1) is 8.59. The van der Waals surface area contributed by atoms with Crippen LogP contribution in [0.1, 0.15) is 29.8 Å². The van der Waals surface area contributed by atoms with E-state index in [1.807, 2.05) is 42.2 Å². The Balaban J connectivity index is 2.03. The van der Waals surface area contributed by atoms with Crippen molar-refractivity contribution in [3.05, 3.63) is 52.3 Å². The fraction of sp³-hybridized carbons (Fsp3) is 0.357. The van der Waals surface area contributed by atoms with E-state index >= 15 is 0 Å². The predicted molar refractivity (Wildman–Crippen MR) is 74.7 cm³/mol. The van der Waals surface area contributed by atoms with Crippen LogP contribution in [0.3, 0.4) is 0 Å². The smallest absolute Gasteiger partial charge is 0.0540 e. The van der Waals surface area contributed by atoms with Crippen LogP contribution in [0.5, 0.6) is 0 Å². The molecule has 4 heteroatoms. The number of aryl methyl sites for hydroxylation is 1. The van der Waals surface area contributed by atoms with Gasteiger partial charge >= 0.3 is 0 Å². The molecule has 0 fully saturated rings. The predicted octanol–water partition coefficient (Wildman–Crippen LogP) is 3.23. The van der Waals surface area contributed by atoms with Gasteiger partial charge in [-0.1, -0.05) is 29.8 Å². The molecule has 3 nitrogen and oxygen atoms in total. The number of halogens is 1. The molecule has 2 rings (SSSR count). The Bertz CT molecular complexity index is 534. The van der Waals surface area contributed by atoms with Gasteiger partial charge in [0, 0.05) is 35.9 Å². The standard InChI is InChI=1S/C14H18ClN3/c1-10(13-9-17-18(3)11(13)2)16-8-12-6-4-5-7-14(12)15/h4-7,9-10,16H,8H2,1-3H3. The third kappa shape index (κ3) is 2.74. The lowest BCUT2D eigenvalue weighted by molar-refractivity contribution is 0.570. The first kappa shape index (κ1) is 13.1. The maximum absolute atomic E-state index is 6.13. The van der Waals surface area contributed by atoms with Crippen LogP contribution in [0, 0.1) is 6.92 Å². The van der Waals surface area contributed by atoms with Crippen molar-refractivity contribution in [3.8, 4) is 0 Å². The van der Waals surface area contributed by atoms with E-state index in [0.717, 1.165) is 17.1 Å². The van der Waals surface area contributed by atoms with E-state index in [1.165, 1.54) is 11.3 Å². The molecule has 1 aromatic carbocycles. The zero-order chi connectivity index (χ0) is 13.1. The summed E-state index contributed by atoms with van der Waals surface area (Å²) < 4.78 is 1.89. The van der Waals surface area contributed by atoms with E-state index < -0.39 is 0 Å². The minimum absolute atomic E-state index is 0.259. The molecule has 18 heavy (non-hydrogen) atoms. The molecule has 0 bridgehead atoms. The van der Waals surface area contributed by atoms with Crippen molar-refractivity contribution >= 4 is 11.6 Å². The van der Waals surface area contributed by atoms with Crippen molar-refractivity contribution in [2.24, 2.45) is 7.05 Å². The van der Waals surface area contributed by atoms with Gasteiger partial charge in [0.25, 0.3) is 0 Å². The minimum Gasteiger partial charge on any atom is -0.306 e. The Hall–Kier alpha value is -1.32. The molecule has 1 aromatic heterocycles. The van der Waals surface area contributed by atoms with E-state index in [1.54, 1.807) is 0 Å². The lowest BCUT2D eigenvalue weighted by Crippen LogP contribution is -2.18. The van der Waals surface area contributed by atoms with Gasteiger partial charge in [0.1, 0.15) is 0 Å². The highest BCUT2D eigenvalue weighted by Crippen LogP contribution is 2.19. The third-order valence-electron chi connectivity index (χ3n) is 3.30. The second kappa shape index (κ2) is 5.55. The summed E-state index contributed by atoms with van der Waals surface area (Å²) in [5, 5.41) is 8.54. The molecule has 0 aliphatic rings. The second-order valence-electron chi connectivity index (χ2n) is 4.50. The van der Waals surface area contributed by atoms with Gasteiger partial charge in [0.15, 0.2) is 0 Å². The van der Waals surface area contributed by atoms with Crippen molar-refractivity contribution in [3.63, 3.8) is 0 Å². The molecular formula is C14H18ClN3. The number of nitrogens with zero attached hydrogens (tertiary/aromatic N) is 2. The average molecular weight is 264 g/mol. The van der Waals surface area contributed by atoms with E-state index in [0.29, 0.717) is 0 Å². The lowest BCUT2D eigenvalue weighted by Gasteiger charge is -2.14. The van der Waals surface area contributed by atoms with Crippen molar-refractivity contribution in [1.29, 1.82) is 0 Å². The highest BCUT2D eigenvalue weighted by Gasteiger charge is 2.11. The number of hydrogen-bond donors (Lipinski definition) is 1. The van der Waals surface area contributed by atoms with Crippen LogP contribution in [0.4, 0.5) is 0 Å². The average Bonchev–Trinajstić information content (AvgIpc) is 2.69. The Morgan fingerprint density at radius 1 is 1.39 bits per heavy atom. The molecule has 0 amide bonds. The van der Waals surface area contributed by atoms with Gasteiger partial charge in [-0.15, -0.1) is 0 Å². The van der Waals surface area contributed by atoms with E-state index in [4.69, 9.17) is 11.6 Å². The number of aromatic nitrogens is 2. The van der Waals surface area contributed by atoms with E-state index in [9.17, 15) is 0 Å². The normalized spacial score (nSPS) is 12.7. The van der Waals surface area contributed by atoms with Crippen LogP contribution in [0.25, 0.3) is 0 Å². The van der Waals surface area contributed by atoms with Gasteiger partial charge in [0.05, 0.1) is 6.20 Å². The molecule has 1 atom stereocenters. The minimum atomic E-state index is 0.259.